The molecular weight excluding hydrogens is 421 g/mol. The molecule has 0 aliphatic carbocycles. The van der Waals surface area contributed by atoms with Crippen molar-refractivity contribution in [1.82, 2.24) is 19.5 Å². The Morgan fingerprint density at radius 3 is 2.58 bits per heavy atom. The number of hydrogen-bond donors (Lipinski definition) is 1. The average molecular weight is 443 g/mol. The van der Waals surface area contributed by atoms with Gasteiger partial charge in [0.2, 0.25) is 0 Å². The molecule has 3 heterocycles. The third-order valence-corrected chi connectivity index (χ3v) is 5.18. The van der Waals surface area contributed by atoms with Crippen molar-refractivity contribution < 1.29 is 9.90 Å². The highest BCUT2D eigenvalue weighted by Gasteiger charge is 2.35. The van der Waals surface area contributed by atoms with Gasteiger partial charge in [0.05, 0.1) is 27.8 Å². The van der Waals surface area contributed by atoms with Crippen molar-refractivity contribution >= 4 is 40.0 Å². The number of hydrogen-bond acceptors (Lipinski definition) is 4. The summed E-state index contributed by atoms with van der Waals surface area (Å²) >= 11 is 2.22. The minimum atomic E-state index is -0.838. The summed E-state index contributed by atoms with van der Waals surface area (Å²) < 4.78 is 2.82. The van der Waals surface area contributed by atoms with Crippen molar-refractivity contribution in [1.29, 1.82) is 0 Å². The van der Waals surface area contributed by atoms with E-state index in [1.165, 1.54) is 0 Å². The van der Waals surface area contributed by atoms with Crippen molar-refractivity contribution in [2.45, 2.75) is 45.2 Å². The molecule has 0 atom stereocenters. The zero-order valence-corrected chi connectivity index (χ0v) is 16.3. The molecule has 7 nitrogen and oxygen atoms in total. The summed E-state index contributed by atoms with van der Waals surface area (Å²) in [5.41, 5.74) is 1.50. The molecule has 1 amide bonds. The molecule has 0 bridgehead atoms. The number of nitrogens with zero attached hydrogens (tertiary/aromatic N) is 5. The number of aromatic nitrogens is 3. The average Bonchev–Trinajstić information content (AvgIpc) is 2.87. The van der Waals surface area contributed by atoms with E-state index in [9.17, 15) is 9.90 Å². The molecule has 1 fully saturated rings. The second kappa shape index (κ2) is 6.38. The van der Waals surface area contributed by atoms with Crippen LogP contribution in [0.15, 0.2) is 18.6 Å². The molecule has 1 aliphatic rings. The first-order valence-corrected chi connectivity index (χ1v) is 9.11. The fourth-order valence-electron chi connectivity index (χ4n) is 3.37. The first-order chi connectivity index (χ1) is 11.3. The molecule has 2 aromatic heterocycles. The number of rotatable bonds is 2. The maximum absolute atomic E-state index is 11.6. The zero-order valence-electron chi connectivity index (χ0n) is 14.1. The van der Waals surface area contributed by atoms with Crippen LogP contribution < -0.4 is 4.90 Å². The highest BCUT2D eigenvalue weighted by molar-refractivity contribution is 14.1. The van der Waals surface area contributed by atoms with Gasteiger partial charge in [-0.2, -0.15) is 5.10 Å². The van der Waals surface area contributed by atoms with Crippen LogP contribution in [-0.2, 0) is 0 Å². The van der Waals surface area contributed by atoms with Gasteiger partial charge in [-0.05, 0) is 56.2 Å². The number of carboxylic acid groups (broad SMARTS) is 1. The van der Waals surface area contributed by atoms with Crippen LogP contribution in [-0.4, -0.2) is 55.4 Å². The lowest BCUT2D eigenvalue weighted by atomic mass is 9.97. The van der Waals surface area contributed by atoms with Gasteiger partial charge in [-0.25, -0.2) is 14.3 Å². The number of piperidine rings is 1. The van der Waals surface area contributed by atoms with Gasteiger partial charge in [0, 0.05) is 24.7 Å². The maximum Gasteiger partial charge on any atom is 0.407 e. The smallest absolute Gasteiger partial charge is 0.407 e. The first-order valence-electron chi connectivity index (χ1n) is 8.03. The van der Waals surface area contributed by atoms with Crippen molar-refractivity contribution in [2.24, 2.45) is 0 Å². The summed E-state index contributed by atoms with van der Waals surface area (Å²) in [4.78, 5) is 20.0. The van der Waals surface area contributed by atoms with Crippen LogP contribution in [0.5, 0.6) is 0 Å². The summed E-state index contributed by atoms with van der Waals surface area (Å²) in [7, 11) is 0. The van der Waals surface area contributed by atoms with E-state index in [4.69, 9.17) is 0 Å². The minimum Gasteiger partial charge on any atom is -0.465 e. The Labute approximate surface area is 154 Å². The molecule has 0 aromatic carbocycles. The Bertz CT molecular complexity index is 746. The SMILES string of the molecule is CC(C)(C)N(C(=O)O)C1CCN(c2cnc3c(I)cnn3c2)CC1. The number of fused-ring (bicyclic) bond motifs is 1. The van der Waals surface area contributed by atoms with Crippen LogP contribution in [0.2, 0.25) is 0 Å². The van der Waals surface area contributed by atoms with E-state index in [-0.39, 0.29) is 11.6 Å². The molecule has 2 aromatic rings. The van der Waals surface area contributed by atoms with E-state index >= 15 is 0 Å². The van der Waals surface area contributed by atoms with Crippen LogP contribution in [0, 0.1) is 3.57 Å². The quantitative estimate of drug-likeness (QED) is 0.723. The molecule has 1 aliphatic heterocycles. The van der Waals surface area contributed by atoms with Gasteiger partial charge < -0.3 is 14.9 Å². The summed E-state index contributed by atoms with van der Waals surface area (Å²) in [6, 6.07) is 0.0566. The zero-order chi connectivity index (χ0) is 17.5. The number of carbonyl (C=O) groups is 1. The first kappa shape index (κ1) is 17.2. The third kappa shape index (κ3) is 3.28. The normalized spacial score (nSPS) is 16.6. The van der Waals surface area contributed by atoms with Crippen molar-refractivity contribution in [3.63, 3.8) is 0 Å². The summed E-state index contributed by atoms with van der Waals surface area (Å²) in [6.45, 7) is 7.48. The van der Waals surface area contributed by atoms with Crippen molar-refractivity contribution in [2.75, 3.05) is 18.0 Å². The molecule has 0 unspecified atom stereocenters. The number of halogens is 1. The number of anilines is 1. The Balaban J connectivity index is 1.72. The van der Waals surface area contributed by atoms with Crippen LogP contribution in [0.1, 0.15) is 33.6 Å². The predicted molar refractivity (Wildman–Crippen MR) is 101 cm³/mol. The molecule has 0 spiro atoms. The topological polar surface area (TPSA) is 74.0 Å². The fraction of sp³-hybridized carbons (Fsp3) is 0.562. The van der Waals surface area contributed by atoms with E-state index in [1.54, 1.807) is 15.6 Å². The van der Waals surface area contributed by atoms with Gasteiger partial charge in [0.15, 0.2) is 5.65 Å². The van der Waals surface area contributed by atoms with Crippen molar-refractivity contribution in [3.8, 4) is 0 Å². The van der Waals surface area contributed by atoms with E-state index in [0.29, 0.717) is 0 Å². The van der Waals surface area contributed by atoms with Gasteiger partial charge >= 0.3 is 6.09 Å². The largest absolute Gasteiger partial charge is 0.465 e. The molecule has 1 saturated heterocycles. The fourth-order valence-corrected chi connectivity index (χ4v) is 3.88. The van der Waals surface area contributed by atoms with E-state index < -0.39 is 6.09 Å². The standard InChI is InChI=1S/C16H22IN5O2/c1-16(2,3)22(15(23)24)11-4-6-20(7-5-11)12-8-18-14-13(17)9-19-21(14)10-12/h8-11H,4-7H2,1-3H3,(H,23,24). The molecule has 1 N–H and O–H groups in total. The second-order valence-corrected chi connectivity index (χ2v) is 8.28. The lowest BCUT2D eigenvalue weighted by molar-refractivity contribution is 0.0616. The van der Waals surface area contributed by atoms with Crippen LogP contribution >= 0.6 is 22.6 Å². The Morgan fingerprint density at radius 1 is 1.33 bits per heavy atom. The Morgan fingerprint density at radius 2 is 2.00 bits per heavy atom. The van der Waals surface area contributed by atoms with Gasteiger partial charge in [-0.15, -0.1) is 0 Å². The third-order valence-electron chi connectivity index (χ3n) is 4.42. The molecule has 8 heteroatoms. The predicted octanol–water partition coefficient (Wildman–Crippen LogP) is 3.08. The van der Waals surface area contributed by atoms with E-state index in [1.807, 2.05) is 33.2 Å². The highest BCUT2D eigenvalue weighted by Crippen LogP contribution is 2.27. The van der Waals surface area contributed by atoms with Gasteiger partial charge in [0.25, 0.3) is 0 Å². The lowest BCUT2D eigenvalue weighted by Gasteiger charge is -2.43. The molecular formula is C16H22IN5O2. The Hall–Kier alpha value is -1.58. The summed E-state index contributed by atoms with van der Waals surface area (Å²) in [5, 5.41) is 13.9. The van der Waals surface area contributed by atoms with Gasteiger partial charge in [-0.1, -0.05) is 0 Å². The summed E-state index contributed by atoms with van der Waals surface area (Å²) in [6.07, 6.45) is 6.46. The van der Waals surface area contributed by atoms with E-state index in [0.717, 1.165) is 40.8 Å². The number of amides is 1. The molecule has 24 heavy (non-hydrogen) atoms. The maximum atomic E-state index is 11.6. The molecule has 3 rings (SSSR count). The van der Waals surface area contributed by atoms with Gasteiger partial charge in [0.1, 0.15) is 0 Å². The van der Waals surface area contributed by atoms with Crippen LogP contribution in [0.25, 0.3) is 5.65 Å². The molecule has 0 radical (unpaired) electrons. The second-order valence-electron chi connectivity index (χ2n) is 7.11. The van der Waals surface area contributed by atoms with Crippen LogP contribution in [0.3, 0.4) is 0 Å². The van der Waals surface area contributed by atoms with E-state index in [2.05, 4.69) is 37.6 Å². The van der Waals surface area contributed by atoms with Gasteiger partial charge in [-0.3, -0.25) is 0 Å². The Kier molecular flexibility index (Phi) is 4.58. The highest BCUT2D eigenvalue weighted by atomic mass is 127. The minimum absolute atomic E-state index is 0.0566. The van der Waals surface area contributed by atoms with Crippen molar-refractivity contribution in [3.05, 3.63) is 22.2 Å². The lowest BCUT2D eigenvalue weighted by Crippen LogP contribution is -2.54. The summed E-state index contributed by atoms with van der Waals surface area (Å²) in [5.74, 6) is 0. The monoisotopic (exact) mass is 443 g/mol. The molecule has 130 valence electrons. The van der Waals surface area contributed by atoms with Crippen LogP contribution in [0.4, 0.5) is 10.5 Å². The molecule has 0 saturated carbocycles.